The molecule has 0 fully saturated rings. The van der Waals surface area contributed by atoms with E-state index in [1.165, 1.54) is 15.9 Å². The van der Waals surface area contributed by atoms with Gasteiger partial charge >= 0.3 is 0 Å². The van der Waals surface area contributed by atoms with Gasteiger partial charge in [0.15, 0.2) is 0 Å². The molecular formula is C18H16ClPRe. The predicted octanol–water partition coefficient (Wildman–Crippen LogP) is 3.86. The zero-order chi connectivity index (χ0) is 12.9. The van der Waals surface area contributed by atoms with Gasteiger partial charge in [0, 0.05) is 20.4 Å². The third-order valence-electron chi connectivity index (χ3n) is 3.04. The Bertz CT molecular complexity index is 535. The summed E-state index contributed by atoms with van der Waals surface area (Å²) >= 11 is 0. The van der Waals surface area contributed by atoms with Gasteiger partial charge in [-0.1, -0.05) is 91.0 Å². The molecule has 0 amide bonds. The molecule has 0 saturated heterocycles. The third kappa shape index (κ3) is 4.50. The van der Waals surface area contributed by atoms with Crippen molar-refractivity contribution in [1.82, 2.24) is 0 Å². The second-order valence-corrected chi connectivity index (χ2v) is 6.56. The van der Waals surface area contributed by atoms with Gasteiger partial charge in [0.25, 0.3) is 0 Å². The number of benzene rings is 3. The van der Waals surface area contributed by atoms with Crippen molar-refractivity contribution in [3.63, 3.8) is 0 Å². The maximum absolute atomic E-state index is 2.23. The van der Waals surface area contributed by atoms with Crippen LogP contribution in [-0.2, 0) is 20.4 Å². The molecule has 0 spiro atoms. The first-order chi connectivity index (χ1) is 9.45. The van der Waals surface area contributed by atoms with Gasteiger partial charge in [-0.3, -0.25) is 0 Å². The average molecular weight is 485 g/mol. The normalized spacial score (nSPS) is 9.57. The molecule has 1 radical (unpaired) electrons. The van der Waals surface area contributed by atoms with Gasteiger partial charge in [-0.25, -0.2) is 0 Å². The first kappa shape index (κ1) is 18.1. The van der Waals surface area contributed by atoms with Crippen LogP contribution in [0.1, 0.15) is 0 Å². The van der Waals surface area contributed by atoms with Crippen LogP contribution >= 0.6 is 20.3 Å². The maximum atomic E-state index is 2.23. The summed E-state index contributed by atoms with van der Waals surface area (Å²) in [6, 6.07) is 32.3. The van der Waals surface area contributed by atoms with Crippen LogP contribution < -0.4 is 15.9 Å². The molecule has 0 atom stereocenters. The number of halogens is 1. The topological polar surface area (TPSA) is 0 Å². The van der Waals surface area contributed by atoms with Crippen molar-refractivity contribution in [3.8, 4) is 0 Å². The molecule has 3 aromatic rings. The number of hydrogen-bond acceptors (Lipinski definition) is 0. The molecule has 0 aliphatic carbocycles. The molecule has 3 heteroatoms. The molecule has 21 heavy (non-hydrogen) atoms. The van der Waals surface area contributed by atoms with Crippen LogP contribution in [0.15, 0.2) is 91.0 Å². The second-order valence-electron chi connectivity index (χ2n) is 4.34. The minimum atomic E-state index is -0.446. The molecule has 0 unspecified atom stereocenters. The molecule has 0 N–H and O–H groups in total. The fourth-order valence-corrected chi connectivity index (χ4v) is 4.48. The smallest absolute Gasteiger partial charge is 0 e. The largest absolute Gasteiger partial charge is 0.147 e. The fourth-order valence-electron chi connectivity index (χ4n) is 2.18. The van der Waals surface area contributed by atoms with E-state index in [0.29, 0.717) is 0 Å². The average Bonchev–Trinajstić information content (AvgIpc) is 2.51. The van der Waals surface area contributed by atoms with E-state index in [9.17, 15) is 0 Å². The van der Waals surface area contributed by atoms with Crippen LogP contribution in [0.4, 0.5) is 0 Å². The van der Waals surface area contributed by atoms with Gasteiger partial charge in [-0.15, -0.1) is 12.4 Å². The van der Waals surface area contributed by atoms with Crippen molar-refractivity contribution in [2.75, 3.05) is 0 Å². The van der Waals surface area contributed by atoms with Crippen molar-refractivity contribution in [3.05, 3.63) is 91.0 Å². The Labute approximate surface area is 147 Å². The van der Waals surface area contributed by atoms with E-state index in [1.807, 2.05) is 0 Å². The second kappa shape index (κ2) is 9.14. The molecule has 3 rings (SSSR count). The van der Waals surface area contributed by atoms with E-state index < -0.39 is 7.92 Å². The minimum Gasteiger partial charge on any atom is -0.147 e. The molecule has 3 aromatic carbocycles. The fraction of sp³-hybridized carbons (Fsp3) is 0. The van der Waals surface area contributed by atoms with E-state index in [-0.39, 0.29) is 32.8 Å². The molecular weight excluding hydrogens is 469 g/mol. The molecule has 0 heterocycles. The first-order valence-corrected chi connectivity index (χ1v) is 7.74. The Hall–Kier alpha value is -0.958. The Morgan fingerprint density at radius 3 is 0.905 bits per heavy atom. The van der Waals surface area contributed by atoms with Crippen LogP contribution in [0.3, 0.4) is 0 Å². The summed E-state index contributed by atoms with van der Waals surface area (Å²) in [4.78, 5) is 0. The third-order valence-corrected chi connectivity index (χ3v) is 5.49. The van der Waals surface area contributed by atoms with Crippen LogP contribution in [0.2, 0.25) is 0 Å². The summed E-state index contributed by atoms with van der Waals surface area (Å²) < 4.78 is 0. The van der Waals surface area contributed by atoms with Gasteiger partial charge in [0.2, 0.25) is 0 Å². The van der Waals surface area contributed by atoms with Crippen LogP contribution in [0.5, 0.6) is 0 Å². The van der Waals surface area contributed by atoms with Crippen molar-refractivity contribution < 1.29 is 20.4 Å². The summed E-state index contributed by atoms with van der Waals surface area (Å²) in [5.41, 5.74) is 0. The van der Waals surface area contributed by atoms with Crippen molar-refractivity contribution >= 4 is 36.2 Å². The van der Waals surface area contributed by atoms with Crippen molar-refractivity contribution in [2.24, 2.45) is 0 Å². The molecule has 0 aliphatic rings. The van der Waals surface area contributed by atoms with Crippen LogP contribution in [-0.4, -0.2) is 0 Å². The van der Waals surface area contributed by atoms with E-state index in [1.54, 1.807) is 0 Å². The van der Waals surface area contributed by atoms with E-state index in [4.69, 9.17) is 0 Å². The van der Waals surface area contributed by atoms with Gasteiger partial charge in [-0.05, 0) is 23.8 Å². The summed E-state index contributed by atoms with van der Waals surface area (Å²) in [5.74, 6) is 0. The molecule has 0 nitrogen and oxygen atoms in total. The molecule has 0 bridgehead atoms. The Balaban J connectivity index is 0.00000110. The van der Waals surface area contributed by atoms with Gasteiger partial charge in [-0.2, -0.15) is 0 Å². The van der Waals surface area contributed by atoms with E-state index in [2.05, 4.69) is 91.0 Å². The molecule has 0 saturated carbocycles. The van der Waals surface area contributed by atoms with Crippen LogP contribution in [0.25, 0.3) is 0 Å². The molecule has 0 aromatic heterocycles. The Morgan fingerprint density at radius 2 is 0.667 bits per heavy atom. The predicted molar refractivity (Wildman–Crippen MR) is 92.4 cm³/mol. The summed E-state index contributed by atoms with van der Waals surface area (Å²) in [5, 5.41) is 4.19. The van der Waals surface area contributed by atoms with Crippen molar-refractivity contribution in [1.29, 1.82) is 0 Å². The quantitative estimate of drug-likeness (QED) is 0.495. The summed E-state index contributed by atoms with van der Waals surface area (Å²) in [6.45, 7) is 0. The van der Waals surface area contributed by atoms with Crippen molar-refractivity contribution in [2.45, 2.75) is 0 Å². The first-order valence-electron chi connectivity index (χ1n) is 6.40. The monoisotopic (exact) mass is 485 g/mol. The van der Waals surface area contributed by atoms with Crippen LogP contribution in [0, 0.1) is 0 Å². The number of rotatable bonds is 3. The zero-order valence-electron chi connectivity index (χ0n) is 11.4. The van der Waals surface area contributed by atoms with E-state index in [0.717, 1.165) is 0 Å². The van der Waals surface area contributed by atoms with Gasteiger partial charge in [0.1, 0.15) is 0 Å². The molecule has 0 aliphatic heterocycles. The standard InChI is InChI=1S/C18H15P.ClH.Re/c1-4-10-16(11-5-1)19(17-12-6-2-7-13-17)18-14-8-3-9-15-18;;/h1-15H;1H;. The Morgan fingerprint density at radius 1 is 0.429 bits per heavy atom. The molecule has 107 valence electrons. The maximum Gasteiger partial charge on any atom is 0 e. The van der Waals surface area contributed by atoms with Gasteiger partial charge in [0.05, 0.1) is 0 Å². The van der Waals surface area contributed by atoms with E-state index >= 15 is 0 Å². The zero-order valence-corrected chi connectivity index (χ0v) is 15.8. The SMILES string of the molecule is Cl.[Re].c1ccc(P(c2ccccc2)c2ccccc2)cc1. The number of hydrogen-bond donors (Lipinski definition) is 0. The Kier molecular flexibility index (Phi) is 7.87. The summed E-state index contributed by atoms with van der Waals surface area (Å²) in [6.07, 6.45) is 0. The summed E-state index contributed by atoms with van der Waals surface area (Å²) in [7, 11) is -0.446. The minimum absolute atomic E-state index is 0. The van der Waals surface area contributed by atoms with Gasteiger partial charge < -0.3 is 0 Å².